The molecule has 0 radical (unpaired) electrons. The molecule has 0 aromatic heterocycles. The van der Waals surface area contributed by atoms with Gasteiger partial charge >= 0.3 is 0 Å². The van der Waals surface area contributed by atoms with E-state index in [2.05, 4.69) is 12.2 Å². The molecule has 31 heavy (non-hydrogen) atoms. The molecule has 0 aromatic rings. The Morgan fingerprint density at radius 1 is 0.710 bits per heavy atom. The topological polar surface area (TPSA) is 150 Å². The van der Waals surface area contributed by atoms with Crippen LogP contribution in [0.5, 0.6) is 0 Å². The number of carbonyl (C=O) groups is 1. The molecule has 186 valence electrons. The summed E-state index contributed by atoms with van der Waals surface area (Å²) in [6.07, 6.45) is 7.68. The van der Waals surface area contributed by atoms with Crippen molar-refractivity contribution in [3.63, 3.8) is 0 Å². The number of aliphatic hydroxyl groups excluding tert-OH is 6. The number of nitrogens with one attached hydrogen (secondary N) is 1. The van der Waals surface area contributed by atoms with Gasteiger partial charge in [-0.25, -0.2) is 0 Å². The first-order valence-electron chi connectivity index (χ1n) is 12.1. The number of hydrogen-bond donors (Lipinski definition) is 7. The minimum atomic E-state index is -1.71. The SMILES string of the molecule is CCCCCCCCCCCCC(O)CCCC(=O)NCC(O)C(O)C(O)C(O)CO. The monoisotopic (exact) mass is 449 g/mol. The van der Waals surface area contributed by atoms with Crippen LogP contribution in [0.2, 0.25) is 0 Å². The predicted molar refractivity (Wildman–Crippen MR) is 120 cm³/mol. The highest BCUT2D eigenvalue weighted by Crippen LogP contribution is 2.14. The van der Waals surface area contributed by atoms with E-state index in [1.54, 1.807) is 0 Å². The lowest BCUT2D eigenvalue weighted by Crippen LogP contribution is -2.49. The van der Waals surface area contributed by atoms with Gasteiger partial charge in [-0.1, -0.05) is 71.1 Å². The molecule has 5 atom stereocenters. The highest BCUT2D eigenvalue weighted by Gasteiger charge is 2.30. The summed E-state index contributed by atoms with van der Waals surface area (Å²) in [5.41, 5.74) is 0. The van der Waals surface area contributed by atoms with Crippen LogP contribution in [0.4, 0.5) is 0 Å². The Labute approximate surface area is 187 Å². The molecule has 0 aromatic carbocycles. The maximum atomic E-state index is 11.8. The molecule has 0 heterocycles. The van der Waals surface area contributed by atoms with E-state index < -0.39 is 37.1 Å². The maximum absolute atomic E-state index is 11.8. The average molecular weight is 450 g/mol. The predicted octanol–water partition coefficient (Wildman–Crippen LogP) is 1.38. The van der Waals surface area contributed by atoms with Gasteiger partial charge in [0.1, 0.15) is 18.3 Å². The van der Waals surface area contributed by atoms with Crippen molar-refractivity contribution in [3.05, 3.63) is 0 Å². The van der Waals surface area contributed by atoms with Gasteiger partial charge in [-0.15, -0.1) is 0 Å². The van der Waals surface area contributed by atoms with Crippen LogP contribution in [-0.2, 0) is 4.79 Å². The zero-order valence-corrected chi connectivity index (χ0v) is 19.3. The third-order valence-electron chi connectivity index (χ3n) is 5.67. The van der Waals surface area contributed by atoms with E-state index in [0.717, 1.165) is 19.3 Å². The van der Waals surface area contributed by atoms with E-state index in [9.17, 15) is 30.3 Å². The van der Waals surface area contributed by atoms with Crippen molar-refractivity contribution in [2.75, 3.05) is 13.2 Å². The highest BCUT2D eigenvalue weighted by molar-refractivity contribution is 5.75. The Balaban J connectivity index is 3.66. The third kappa shape index (κ3) is 16.5. The number of unbranched alkanes of at least 4 members (excludes halogenated alkanes) is 9. The first kappa shape index (κ1) is 30.2. The van der Waals surface area contributed by atoms with E-state index in [1.807, 2.05) is 0 Å². The molecular formula is C23H47NO7. The van der Waals surface area contributed by atoms with E-state index in [4.69, 9.17) is 5.11 Å². The second-order valence-corrected chi connectivity index (χ2v) is 8.62. The van der Waals surface area contributed by atoms with Crippen molar-refractivity contribution in [3.8, 4) is 0 Å². The minimum Gasteiger partial charge on any atom is -0.394 e. The number of hydrogen-bond acceptors (Lipinski definition) is 7. The fourth-order valence-electron chi connectivity index (χ4n) is 3.50. The summed E-state index contributed by atoms with van der Waals surface area (Å²) in [6.45, 7) is 1.19. The van der Waals surface area contributed by atoms with E-state index >= 15 is 0 Å². The molecule has 0 saturated carbocycles. The molecular weight excluding hydrogens is 402 g/mol. The molecule has 0 bridgehead atoms. The van der Waals surface area contributed by atoms with Crippen LogP contribution in [0.1, 0.15) is 96.8 Å². The Morgan fingerprint density at radius 2 is 1.19 bits per heavy atom. The fourth-order valence-corrected chi connectivity index (χ4v) is 3.50. The van der Waals surface area contributed by atoms with Gasteiger partial charge in [0.15, 0.2) is 0 Å². The molecule has 0 aliphatic heterocycles. The van der Waals surface area contributed by atoms with Gasteiger partial charge in [0, 0.05) is 13.0 Å². The van der Waals surface area contributed by atoms with Gasteiger partial charge in [-0.2, -0.15) is 0 Å². The summed E-state index contributed by atoms with van der Waals surface area (Å²) in [4.78, 5) is 11.8. The van der Waals surface area contributed by atoms with Crippen molar-refractivity contribution in [1.82, 2.24) is 5.32 Å². The Morgan fingerprint density at radius 3 is 1.74 bits per heavy atom. The number of amides is 1. The second-order valence-electron chi connectivity index (χ2n) is 8.62. The lowest BCUT2D eigenvalue weighted by molar-refractivity contribution is -0.126. The smallest absolute Gasteiger partial charge is 0.220 e. The van der Waals surface area contributed by atoms with Gasteiger partial charge in [0.25, 0.3) is 0 Å². The van der Waals surface area contributed by atoms with Crippen LogP contribution in [0.3, 0.4) is 0 Å². The molecule has 5 unspecified atom stereocenters. The zero-order valence-electron chi connectivity index (χ0n) is 19.3. The van der Waals surface area contributed by atoms with Gasteiger partial charge in [0.05, 0.1) is 18.8 Å². The summed E-state index contributed by atoms with van der Waals surface area (Å²) in [7, 11) is 0. The second kappa shape index (κ2) is 19.9. The van der Waals surface area contributed by atoms with Crippen LogP contribution < -0.4 is 5.32 Å². The van der Waals surface area contributed by atoms with Crippen molar-refractivity contribution >= 4 is 5.91 Å². The maximum Gasteiger partial charge on any atom is 0.220 e. The average Bonchev–Trinajstić information content (AvgIpc) is 2.77. The molecule has 0 rings (SSSR count). The molecule has 0 aliphatic rings. The highest BCUT2D eigenvalue weighted by atomic mass is 16.4. The molecule has 0 aliphatic carbocycles. The number of aliphatic hydroxyl groups is 6. The van der Waals surface area contributed by atoms with E-state index in [1.165, 1.54) is 51.4 Å². The molecule has 0 fully saturated rings. The molecule has 7 N–H and O–H groups in total. The normalized spacial score (nSPS) is 16.5. The lowest BCUT2D eigenvalue weighted by Gasteiger charge is -2.25. The largest absolute Gasteiger partial charge is 0.394 e. The molecule has 0 saturated heterocycles. The molecule has 8 nitrogen and oxygen atoms in total. The van der Waals surface area contributed by atoms with Crippen molar-refractivity contribution in [2.45, 2.75) is 127 Å². The van der Waals surface area contributed by atoms with Crippen molar-refractivity contribution < 1.29 is 35.4 Å². The molecule has 1 amide bonds. The van der Waals surface area contributed by atoms with Gasteiger partial charge in [-0.05, 0) is 19.3 Å². The van der Waals surface area contributed by atoms with Crippen LogP contribution >= 0.6 is 0 Å². The summed E-state index contributed by atoms with van der Waals surface area (Å²) < 4.78 is 0. The minimum absolute atomic E-state index is 0.194. The summed E-state index contributed by atoms with van der Waals surface area (Å²) in [5, 5.41) is 59.5. The lowest BCUT2D eigenvalue weighted by atomic mass is 10.0. The Kier molecular flexibility index (Phi) is 19.4. The van der Waals surface area contributed by atoms with Crippen LogP contribution in [0.15, 0.2) is 0 Å². The standard InChI is InChI=1S/C23H47NO7/c1-2-3-4-5-6-7-8-9-10-11-13-18(26)14-12-15-21(29)24-16-19(27)22(30)23(31)20(28)17-25/h18-20,22-23,25-28,30-31H,2-17H2,1H3,(H,24,29). The third-order valence-corrected chi connectivity index (χ3v) is 5.67. The summed E-state index contributed by atoms with van der Waals surface area (Å²) >= 11 is 0. The van der Waals surface area contributed by atoms with Gasteiger partial charge < -0.3 is 36.0 Å². The number of carbonyl (C=O) groups excluding carboxylic acids is 1. The van der Waals surface area contributed by atoms with Gasteiger partial charge in [0.2, 0.25) is 5.91 Å². The van der Waals surface area contributed by atoms with Crippen LogP contribution in [-0.4, -0.2) is 80.2 Å². The van der Waals surface area contributed by atoms with Crippen molar-refractivity contribution in [1.29, 1.82) is 0 Å². The first-order valence-corrected chi connectivity index (χ1v) is 12.1. The van der Waals surface area contributed by atoms with E-state index in [0.29, 0.717) is 12.8 Å². The number of rotatable bonds is 21. The van der Waals surface area contributed by atoms with Gasteiger partial charge in [-0.3, -0.25) is 4.79 Å². The summed E-state index contributed by atoms with van der Waals surface area (Å²) in [5.74, 6) is -0.324. The van der Waals surface area contributed by atoms with Crippen molar-refractivity contribution in [2.24, 2.45) is 0 Å². The fraction of sp³-hybridized carbons (Fsp3) is 0.957. The van der Waals surface area contributed by atoms with Crippen LogP contribution in [0.25, 0.3) is 0 Å². The first-order chi connectivity index (χ1) is 14.8. The molecule has 0 spiro atoms. The van der Waals surface area contributed by atoms with Crippen LogP contribution in [0, 0.1) is 0 Å². The zero-order chi connectivity index (χ0) is 23.5. The summed E-state index contributed by atoms with van der Waals surface area (Å²) in [6, 6.07) is 0. The Hall–Kier alpha value is -0.770. The molecule has 8 heteroatoms. The van der Waals surface area contributed by atoms with E-state index in [-0.39, 0.29) is 18.9 Å². The quantitative estimate of drug-likeness (QED) is 0.131. The Bertz CT molecular complexity index is 425.